The highest BCUT2D eigenvalue weighted by atomic mass is 15.1. The molecule has 2 rings (SSSR count). The van der Waals surface area contributed by atoms with E-state index in [2.05, 4.69) is 22.4 Å². The van der Waals surface area contributed by atoms with Crippen LogP contribution in [0.1, 0.15) is 18.4 Å². The van der Waals surface area contributed by atoms with Gasteiger partial charge in [-0.15, -0.1) is 0 Å². The molecule has 0 aliphatic carbocycles. The number of nitrogens with one attached hydrogen (secondary N) is 1. The van der Waals surface area contributed by atoms with E-state index >= 15 is 0 Å². The van der Waals surface area contributed by atoms with Gasteiger partial charge in [0.05, 0.1) is 11.3 Å². The van der Waals surface area contributed by atoms with E-state index in [1.165, 1.54) is 12.8 Å². The minimum atomic E-state index is 0.783. The van der Waals surface area contributed by atoms with Gasteiger partial charge in [0.25, 0.3) is 0 Å². The summed E-state index contributed by atoms with van der Waals surface area (Å²) in [6, 6.07) is 10.2. The van der Waals surface area contributed by atoms with E-state index < -0.39 is 0 Å². The van der Waals surface area contributed by atoms with Gasteiger partial charge in [-0.05, 0) is 44.5 Å². The van der Waals surface area contributed by atoms with Crippen LogP contribution in [0.5, 0.6) is 0 Å². The van der Waals surface area contributed by atoms with Crippen molar-refractivity contribution in [1.29, 1.82) is 5.26 Å². The first-order chi connectivity index (χ1) is 8.35. The van der Waals surface area contributed by atoms with Crippen molar-refractivity contribution in [3.05, 3.63) is 29.8 Å². The molecule has 1 aromatic carbocycles. The molecule has 1 aliphatic rings. The molecule has 1 fully saturated rings. The molecule has 1 aliphatic heterocycles. The Morgan fingerprint density at radius 1 is 1.35 bits per heavy atom. The van der Waals surface area contributed by atoms with E-state index in [9.17, 15) is 0 Å². The molecular formula is C14H19N3. The molecule has 0 atom stereocenters. The van der Waals surface area contributed by atoms with Crippen molar-refractivity contribution in [3.63, 3.8) is 0 Å². The van der Waals surface area contributed by atoms with E-state index in [1.807, 2.05) is 25.2 Å². The maximum absolute atomic E-state index is 9.10. The Balaban J connectivity index is 2.03. The van der Waals surface area contributed by atoms with E-state index in [4.69, 9.17) is 5.26 Å². The zero-order chi connectivity index (χ0) is 12.1. The molecule has 3 heteroatoms. The van der Waals surface area contributed by atoms with Gasteiger partial charge in [0.15, 0.2) is 0 Å². The quantitative estimate of drug-likeness (QED) is 0.861. The largest absolute Gasteiger partial charge is 0.370 e. The van der Waals surface area contributed by atoms with Gasteiger partial charge >= 0.3 is 0 Å². The van der Waals surface area contributed by atoms with Crippen molar-refractivity contribution in [2.24, 2.45) is 5.92 Å². The summed E-state index contributed by atoms with van der Waals surface area (Å²) in [6.45, 7) is 3.23. The molecule has 0 amide bonds. The van der Waals surface area contributed by atoms with Gasteiger partial charge < -0.3 is 10.2 Å². The van der Waals surface area contributed by atoms with Gasteiger partial charge in [-0.3, -0.25) is 0 Å². The SMILES string of the molecule is CNCC1CCN(c2ccccc2C#N)CC1. The summed E-state index contributed by atoms with van der Waals surface area (Å²) in [5.74, 6) is 0.783. The van der Waals surface area contributed by atoms with E-state index in [1.54, 1.807) is 0 Å². The Bertz CT molecular complexity index is 400. The fourth-order valence-electron chi connectivity index (χ4n) is 2.51. The number of benzene rings is 1. The maximum atomic E-state index is 9.10. The lowest BCUT2D eigenvalue weighted by Gasteiger charge is -2.34. The van der Waals surface area contributed by atoms with Gasteiger partial charge in [0, 0.05) is 13.1 Å². The third kappa shape index (κ3) is 2.78. The van der Waals surface area contributed by atoms with E-state index in [0.29, 0.717) is 0 Å². The van der Waals surface area contributed by atoms with Gasteiger partial charge in [-0.2, -0.15) is 5.26 Å². The average molecular weight is 229 g/mol. The first-order valence-electron chi connectivity index (χ1n) is 6.24. The predicted octanol–water partition coefficient (Wildman–Crippen LogP) is 1.99. The Morgan fingerprint density at radius 3 is 2.71 bits per heavy atom. The lowest BCUT2D eigenvalue weighted by molar-refractivity contribution is 0.393. The highest BCUT2D eigenvalue weighted by Gasteiger charge is 2.20. The van der Waals surface area contributed by atoms with E-state index in [-0.39, 0.29) is 0 Å². The van der Waals surface area contributed by atoms with Gasteiger partial charge in [-0.1, -0.05) is 12.1 Å². The predicted molar refractivity (Wildman–Crippen MR) is 70.0 cm³/mol. The van der Waals surface area contributed by atoms with E-state index in [0.717, 1.165) is 36.8 Å². The van der Waals surface area contributed by atoms with Crippen LogP contribution in [0, 0.1) is 17.2 Å². The van der Waals surface area contributed by atoms with Crippen molar-refractivity contribution in [3.8, 4) is 6.07 Å². The highest BCUT2D eigenvalue weighted by Crippen LogP contribution is 2.25. The average Bonchev–Trinajstić information content (AvgIpc) is 2.40. The molecule has 0 spiro atoms. The number of nitrogens with zero attached hydrogens (tertiary/aromatic N) is 2. The topological polar surface area (TPSA) is 39.1 Å². The summed E-state index contributed by atoms with van der Waals surface area (Å²) in [5, 5.41) is 12.3. The normalized spacial score (nSPS) is 16.8. The lowest BCUT2D eigenvalue weighted by Crippen LogP contribution is -2.37. The molecule has 0 saturated carbocycles. The third-order valence-corrected chi connectivity index (χ3v) is 3.47. The van der Waals surface area contributed by atoms with Crippen molar-refractivity contribution in [2.45, 2.75) is 12.8 Å². The first-order valence-corrected chi connectivity index (χ1v) is 6.24. The van der Waals surface area contributed by atoms with Crippen molar-refractivity contribution in [2.75, 3.05) is 31.6 Å². The zero-order valence-electron chi connectivity index (χ0n) is 10.3. The molecule has 0 bridgehead atoms. The van der Waals surface area contributed by atoms with Crippen LogP contribution in [0.2, 0.25) is 0 Å². The Hall–Kier alpha value is -1.53. The van der Waals surface area contributed by atoms with Crippen molar-refractivity contribution in [1.82, 2.24) is 5.32 Å². The fraction of sp³-hybridized carbons (Fsp3) is 0.500. The zero-order valence-corrected chi connectivity index (χ0v) is 10.3. The summed E-state index contributed by atoms with van der Waals surface area (Å²) >= 11 is 0. The van der Waals surface area contributed by atoms with Crippen molar-refractivity contribution >= 4 is 5.69 Å². The number of nitriles is 1. The molecule has 1 heterocycles. The second-order valence-corrected chi connectivity index (χ2v) is 4.62. The number of piperidine rings is 1. The molecule has 0 radical (unpaired) electrons. The van der Waals surface area contributed by atoms with Gasteiger partial charge in [0.2, 0.25) is 0 Å². The Labute approximate surface area is 103 Å². The number of rotatable bonds is 3. The molecule has 1 N–H and O–H groups in total. The molecule has 17 heavy (non-hydrogen) atoms. The standard InChI is InChI=1S/C14H19N3/c1-16-11-12-6-8-17(9-7-12)14-5-3-2-4-13(14)10-15/h2-5,12,16H,6-9,11H2,1H3. The second kappa shape index (κ2) is 5.70. The van der Waals surface area contributed by atoms with Gasteiger partial charge in [-0.25, -0.2) is 0 Å². The highest BCUT2D eigenvalue weighted by molar-refractivity contribution is 5.59. The minimum absolute atomic E-state index is 0.783. The molecule has 90 valence electrons. The first kappa shape index (κ1) is 11.9. The Morgan fingerprint density at radius 2 is 2.06 bits per heavy atom. The van der Waals surface area contributed by atoms with Crippen LogP contribution in [0.25, 0.3) is 0 Å². The summed E-state index contributed by atoms with van der Waals surface area (Å²) in [7, 11) is 2.01. The summed E-state index contributed by atoms with van der Waals surface area (Å²) < 4.78 is 0. The monoisotopic (exact) mass is 229 g/mol. The van der Waals surface area contributed by atoms with Crippen LogP contribution in [0.4, 0.5) is 5.69 Å². The number of hydrogen-bond acceptors (Lipinski definition) is 3. The summed E-state index contributed by atoms with van der Waals surface area (Å²) in [6.07, 6.45) is 2.42. The lowest BCUT2D eigenvalue weighted by atomic mass is 9.96. The molecule has 0 aromatic heterocycles. The van der Waals surface area contributed by atoms with Crippen LogP contribution in [0.3, 0.4) is 0 Å². The summed E-state index contributed by atoms with van der Waals surface area (Å²) in [4.78, 5) is 2.34. The van der Waals surface area contributed by atoms with Crippen LogP contribution in [-0.4, -0.2) is 26.7 Å². The van der Waals surface area contributed by atoms with Crippen LogP contribution in [-0.2, 0) is 0 Å². The number of anilines is 1. The van der Waals surface area contributed by atoms with Crippen LogP contribution in [0.15, 0.2) is 24.3 Å². The van der Waals surface area contributed by atoms with Crippen molar-refractivity contribution < 1.29 is 0 Å². The summed E-state index contributed by atoms with van der Waals surface area (Å²) in [5.41, 5.74) is 1.89. The second-order valence-electron chi connectivity index (χ2n) is 4.62. The molecule has 1 aromatic rings. The molecule has 1 saturated heterocycles. The third-order valence-electron chi connectivity index (χ3n) is 3.47. The van der Waals surface area contributed by atoms with Gasteiger partial charge in [0.1, 0.15) is 6.07 Å². The fourth-order valence-corrected chi connectivity index (χ4v) is 2.51. The molecule has 3 nitrogen and oxygen atoms in total. The number of para-hydroxylation sites is 1. The molecular weight excluding hydrogens is 210 g/mol. The smallest absolute Gasteiger partial charge is 0.101 e. The minimum Gasteiger partial charge on any atom is -0.370 e. The number of hydrogen-bond donors (Lipinski definition) is 1. The van der Waals surface area contributed by atoms with Crippen LogP contribution >= 0.6 is 0 Å². The molecule has 0 unspecified atom stereocenters. The van der Waals surface area contributed by atoms with Crippen LogP contribution < -0.4 is 10.2 Å². The maximum Gasteiger partial charge on any atom is 0.101 e. The Kier molecular flexibility index (Phi) is 4.00.